The number of aliphatic hydroxyl groups is 1. The average molecular weight is 209 g/mol. The maximum atomic E-state index is 11.9. The van der Waals surface area contributed by atoms with Gasteiger partial charge < -0.3 is 10.0 Å². The van der Waals surface area contributed by atoms with Crippen LogP contribution in [0.2, 0.25) is 0 Å². The standard InChI is InChI=1S/C10H15N3O2/c1-8(2)13(5-6-14)10(15)9-3-4-11-7-12-9/h3-4,7-8,14H,5-6H2,1-2H3. The molecule has 1 amide bonds. The average Bonchev–Trinajstić information content (AvgIpc) is 2.26. The smallest absolute Gasteiger partial charge is 0.272 e. The highest BCUT2D eigenvalue weighted by molar-refractivity contribution is 5.92. The summed E-state index contributed by atoms with van der Waals surface area (Å²) in [6.07, 6.45) is 2.86. The van der Waals surface area contributed by atoms with Gasteiger partial charge in [0.15, 0.2) is 0 Å². The molecule has 0 fully saturated rings. The number of amides is 1. The Labute approximate surface area is 88.8 Å². The Bertz CT molecular complexity index is 314. The van der Waals surface area contributed by atoms with Gasteiger partial charge in [-0.2, -0.15) is 0 Å². The minimum absolute atomic E-state index is 0.0413. The van der Waals surface area contributed by atoms with Crippen molar-refractivity contribution in [2.45, 2.75) is 19.9 Å². The van der Waals surface area contributed by atoms with Crippen molar-refractivity contribution in [1.29, 1.82) is 0 Å². The highest BCUT2D eigenvalue weighted by Crippen LogP contribution is 2.04. The molecule has 0 bridgehead atoms. The number of hydrogen-bond acceptors (Lipinski definition) is 4. The fourth-order valence-electron chi connectivity index (χ4n) is 1.27. The molecule has 5 nitrogen and oxygen atoms in total. The molecule has 0 radical (unpaired) electrons. The minimum Gasteiger partial charge on any atom is -0.395 e. The van der Waals surface area contributed by atoms with Crippen molar-refractivity contribution in [3.63, 3.8) is 0 Å². The molecule has 0 saturated heterocycles. The molecule has 0 atom stereocenters. The van der Waals surface area contributed by atoms with Gasteiger partial charge in [-0.15, -0.1) is 0 Å². The number of hydrogen-bond donors (Lipinski definition) is 1. The second-order valence-electron chi connectivity index (χ2n) is 3.41. The van der Waals surface area contributed by atoms with Crippen molar-refractivity contribution >= 4 is 5.91 Å². The first-order chi connectivity index (χ1) is 7.16. The second-order valence-corrected chi connectivity index (χ2v) is 3.41. The summed E-state index contributed by atoms with van der Waals surface area (Å²) in [4.78, 5) is 21.1. The molecule has 1 N–H and O–H groups in total. The van der Waals surface area contributed by atoms with Crippen LogP contribution in [0.4, 0.5) is 0 Å². The van der Waals surface area contributed by atoms with E-state index in [0.717, 1.165) is 0 Å². The molecule has 0 aliphatic carbocycles. The zero-order chi connectivity index (χ0) is 11.3. The Morgan fingerprint density at radius 2 is 2.33 bits per heavy atom. The first kappa shape index (κ1) is 11.6. The summed E-state index contributed by atoms with van der Waals surface area (Å²) in [6.45, 7) is 4.07. The monoisotopic (exact) mass is 209 g/mol. The van der Waals surface area contributed by atoms with Crippen LogP contribution < -0.4 is 0 Å². The Morgan fingerprint density at radius 1 is 1.60 bits per heavy atom. The Balaban J connectivity index is 2.81. The van der Waals surface area contributed by atoms with Crippen LogP contribution in [-0.2, 0) is 0 Å². The van der Waals surface area contributed by atoms with Crippen molar-refractivity contribution in [3.8, 4) is 0 Å². The molecule has 1 heterocycles. The second kappa shape index (κ2) is 5.41. The van der Waals surface area contributed by atoms with Gasteiger partial charge in [0.2, 0.25) is 0 Å². The molecule has 0 saturated carbocycles. The summed E-state index contributed by atoms with van der Waals surface area (Å²) in [5, 5.41) is 8.85. The van der Waals surface area contributed by atoms with Crippen LogP contribution in [0.15, 0.2) is 18.6 Å². The van der Waals surface area contributed by atoms with Crippen LogP contribution in [0.3, 0.4) is 0 Å². The fourth-order valence-corrected chi connectivity index (χ4v) is 1.27. The molecule has 0 aliphatic heterocycles. The molecular formula is C10H15N3O2. The highest BCUT2D eigenvalue weighted by atomic mass is 16.3. The molecular weight excluding hydrogens is 194 g/mol. The number of rotatable bonds is 4. The van der Waals surface area contributed by atoms with Crippen molar-refractivity contribution < 1.29 is 9.90 Å². The van der Waals surface area contributed by atoms with Gasteiger partial charge in [-0.05, 0) is 19.9 Å². The van der Waals surface area contributed by atoms with Gasteiger partial charge in [-0.25, -0.2) is 9.97 Å². The van der Waals surface area contributed by atoms with Crippen molar-refractivity contribution in [2.75, 3.05) is 13.2 Å². The third kappa shape index (κ3) is 2.99. The molecule has 1 rings (SSSR count). The molecule has 0 aromatic carbocycles. The number of carbonyl (C=O) groups excluding carboxylic acids is 1. The predicted molar refractivity (Wildman–Crippen MR) is 55.3 cm³/mol. The zero-order valence-electron chi connectivity index (χ0n) is 8.92. The number of carbonyl (C=O) groups is 1. The molecule has 15 heavy (non-hydrogen) atoms. The molecule has 5 heteroatoms. The maximum Gasteiger partial charge on any atom is 0.272 e. The van der Waals surface area contributed by atoms with Crippen molar-refractivity contribution in [2.24, 2.45) is 0 Å². The Morgan fingerprint density at radius 3 is 2.80 bits per heavy atom. The largest absolute Gasteiger partial charge is 0.395 e. The highest BCUT2D eigenvalue weighted by Gasteiger charge is 2.18. The first-order valence-corrected chi connectivity index (χ1v) is 4.84. The lowest BCUT2D eigenvalue weighted by molar-refractivity contribution is 0.0659. The van der Waals surface area contributed by atoms with Crippen molar-refractivity contribution in [1.82, 2.24) is 14.9 Å². The topological polar surface area (TPSA) is 66.3 Å². The molecule has 82 valence electrons. The summed E-state index contributed by atoms with van der Waals surface area (Å²) >= 11 is 0. The van der Waals surface area contributed by atoms with Gasteiger partial charge in [-0.3, -0.25) is 4.79 Å². The number of aromatic nitrogens is 2. The number of aliphatic hydroxyl groups excluding tert-OH is 1. The van der Waals surface area contributed by atoms with E-state index in [9.17, 15) is 4.79 Å². The third-order valence-electron chi connectivity index (χ3n) is 2.03. The van der Waals surface area contributed by atoms with Crippen molar-refractivity contribution in [3.05, 3.63) is 24.3 Å². The van der Waals surface area contributed by atoms with E-state index in [-0.39, 0.29) is 18.6 Å². The molecule has 0 unspecified atom stereocenters. The van der Waals surface area contributed by atoms with Crippen LogP contribution in [-0.4, -0.2) is 45.1 Å². The molecule has 0 aliphatic rings. The quantitative estimate of drug-likeness (QED) is 0.775. The molecule has 1 aromatic rings. The van der Waals surface area contributed by atoms with Crippen LogP contribution >= 0.6 is 0 Å². The maximum absolute atomic E-state index is 11.9. The van der Waals surface area contributed by atoms with E-state index in [1.165, 1.54) is 12.5 Å². The molecule has 0 spiro atoms. The predicted octanol–water partition coefficient (Wildman–Crippen LogP) is 0.320. The number of nitrogens with zero attached hydrogens (tertiary/aromatic N) is 3. The Hall–Kier alpha value is -1.49. The summed E-state index contributed by atoms with van der Waals surface area (Å²) < 4.78 is 0. The summed E-state index contributed by atoms with van der Waals surface area (Å²) in [5.41, 5.74) is 0.354. The zero-order valence-corrected chi connectivity index (χ0v) is 8.92. The van der Waals surface area contributed by atoms with Crippen LogP contribution in [0.25, 0.3) is 0 Å². The third-order valence-corrected chi connectivity index (χ3v) is 2.03. The van der Waals surface area contributed by atoms with Gasteiger partial charge in [0, 0.05) is 18.8 Å². The van der Waals surface area contributed by atoms with E-state index in [1.807, 2.05) is 13.8 Å². The SMILES string of the molecule is CC(C)N(CCO)C(=O)c1ccncn1. The fraction of sp³-hybridized carbons (Fsp3) is 0.500. The van der Waals surface area contributed by atoms with E-state index in [2.05, 4.69) is 9.97 Å². The van der Waals surface area contributed by atoms with Gasteiger partial charge in [0.25, 0.3) is 5.91 Å². The molecule has 1 aromatic heterocycles. The summed E-state index contributed by atoms with van der Waals surface area (Å²) in [7, 11) is 0. The summed E-state index contributed by atoms with van der Waals surface area (Å²) in [5.74, 6) is -0.179. The van der Waals surface area contributed by atoms with E-state index >= 15 is 0 Å². The van der Waals surface area contributed by atoms with Gasteiger partial charge >= 0.3 is 0 Å². The Kier molecular flexibility index (Phi) is 4.17. The van der Waals surface area contributed by atoms with Gasteiger partial charge in [0.05, 0.1) is 6.61 Å². The van der Waals surface area contributed by atoms with Gasteiger partial charge in [-0.1, -0.05) is 0 Å². The van der Waals surface area contributed by atoms with E-state index in [0.29, 0.717) is 12.2 Å². The summed E-state index contributed by atoms with van der Waals surface area (Å²) in [6, 6.07) is 1.61. The minimum atomic E-state index is -0.179. The normalized spacial score (nSPS) is 10.4. The first-order valence-electron chi connectivity index (χ1n) is 4.84. The van der Waals surface area contributed by atoms with Crippen LogP contribution in [0, 0.1) is 0 Å². The van der Waals surface area contributed by atoms with E-state index in [4.69, 9.17) is 5.11 Å². The lowest BCUT2D eigenvalue weighted by Gasteiger charge is -2.25. The van der Waals surface area contributed by atoms with Crippen LogP contribution in [0.5, 0.6) is 0 Å². The van der Waals surface area contributed by atoms with E-state index < -0.39 is 0 Å². The van der Waals surface area contributed by atoms with Crippen LogP contribution in [0.1, 0.15) is 24.3 Å². The lowest BCUT2D eigenvalue weighted by atomic mass is 10.2. The van der Waals surface area contributed by atoms with Gasteiger partial charge in [0.1, 0.15) is 12.0 Å². The van der Waals surface area contributed by atoms with E-state index in [1.54, 1.807) is 11.0 Å². The lowest BCUT2D eigenvalue weighted by Crippen LogP contribution is -2.39.